The summed E-state index contributed by atoms with van der Waals surface area (Å²) in [5.74, 6) is -0.106. The minimum Gasteiger partial charge on any atom is -0.461 e. The van der Waals surface area contributed by atoms with Crippen LogP contribution in [-0.2, 0) is 0 Å². The number of rotatable bonds is 3. The van der Waals surface area contributed by atoms with Crippen molar-refractivity contribution < 1.29 is 14.1 Å². The molecule has 0 aliphatic heterocycles. The van der Waals surface area contributed by atoms with Gasteiger partial charge < -0.3 is 4.74 Å². The Morgan fingerprint density at radius 1 is 1.43 bits per heavy atom. The molecule has 0 unspecified atom stereocenters. The number of nitro groups is 1. The third-order valence-electron chi connectivity index (χ3n) is 1.41. The average Bonchev–Trinajstić information content (AvgIpc) is 2.09. The number of hydrogen-bond donors (Lipinski definition) is 0. The molecule has 0 spiro atoms. The largest absolute Gasteiger partial charge is 0.461 e. The molecule has 0 N–H and O–H groups in total. The molecule has 0 aliphatic rings. The van der Waals surface area contributed by atoms with Gasteiger partial charge in [0.05, 0.1) is 16.0 Å². The quantitative estimate of drug-likeness (QED) is 0.602. The molecule has 1 aromatic rings. The standard InChI is InChI=1S/C7H4Cl2FNO3/c8-4-1-5(9)7(14-3-10)2-6(4)11(12)13/h1-2H,3H2. The maximum atomic E-state index is 11.8. The Balaban J connectivity index is 3.20. The zero-order chi connectivity index (χ0) is 10.7. The Labute approximate surface area is 88.3 Å². The Bertz CT molecular complexity index is 372. The lowest BCUT2D eigenvalue weighted by Gasteiger charge is -2.04. The van der Waals surface area contributed by atoms with Crippen molar-refractivity contribution in [1.82, 2.24) is 0 Å². The first-order valence-electron chi connectivity index (χ1n) is 3.38. The molecule has 0 amide bonds. The first-order valence-corrected chi connectivity index (χ1v) is 4.14. The first-order chi connectivity index (χ1) is 6.56. The van der Waals surface area contributed by atoms with Gasteiger partial charge in [0.2, 0.25) is 6.86 Å². The van der Waals surface area contributed by atoms with E-state index >= 15 is 0 Å². The van der Waals surface area contributed by atoms with Crippen LogP contribution in [0.25, 0.3) is 0 Å². The molecule has 1 rings (SSSR count). The smallest absolute Gasteiger partial charge is 0.291 e. The van der Waals surface area contributed by atoms with Crippen LogP contribution in [0.15, 0.2) is 12.1 Å². The molecule has 14 heavy (non-hydrogen) atoms. The summed E-state index contributed by atoms with van der Waals surface area (Å²) in [4.78, 5) is 9.71. The van der Waals surface area contributed by atoms with Crippen molar-refractivity contribution in [1.29, 1.82) is 0 Å². The number of ether oxygens (including phenoxy) is 1. The molecule has 4 nitrogen and oxygen atoms in total. The van der Waals surface area contributed by atoms with E-state index in [4.69, 9.17) is 23.2 Å². The van der Waals surface area contributed by atoms with Gasteiger partial charge in [-0.25, -0.2) is 4.39 Å². The highest BCUT2D eigenvalue weighted by Crippen LogP contribution is 2.35. The summed E-state index contributed by atoms with van der Waals surface area (Å²) in [6.07, 6.45) is 0. The lowest BCUT2D eigenvalue weighted by Crippen LogP contribution is -1.94. The third-order valence-corrected chi connectivity index (χ3v) is 2.01. The van der Waals surface area contributed by atoms with Gasteiger partial charge in [-0.15, -0.1) is 0 Å². The molecule has 0 aromatic heterocycles. The van der Waals surface area contributed by atoms with Crippen molar-refractivity contribution in [2.75, 3.05) is 6.86 Å². The highest BCUT2D eigenvalue weighted by Gasteiger charge is 2.16. The van der Waals surface area contributed by atoms with E-state index in [1.54, 1.807) is 0 Å². The predicted octanol–water partition coefficient (Wildman–Crippen LogP) is 3.21. The Kier molecular flexibility index (Phi) is 3.49. The normalized spacial score (nSPS) is 9.93. The first kappa shape index (κ1) is 11.0. The lowest BCUT2D eigenvalue weighted by atomic mass is 10.3. The van der Waals surface area contributed by atoms with Crippen LogP contribution >= 0.6 is 23.2 Å². The van der Waals surface area contributed by atoms with Gasteiger partial charge in [0, 0.05) is 0 Å². The van der Waals surface area contributed by atoms with Crippen molar-refractivity contribution in [3.63, 3.8) is 0 Å². The van der Waals surface area contributed by atoms with Gasteiger partial charge in [-0.05, 0) is 6.07 Å². The number of benzene rings is 1. The number of alkyl halides is 1. The molecule has 7 heteroatoms. The van der Waals surface area contributed by atoms with Gasteiger partial charge in [-0.1, -0.05) is 23.2 Å². The highest BCUT2D eigenvalue weighted by atomic mass is 35.5. The fourth-order valence-corrected chi connectivity index (χ4v) is 1.33. The molecule has 0 saturated carbocycles. The number of nitro benzene ring substituents is 1. The molecular formula is C7H4Cl2FNO3. The average molecular weight is 240 g/mol. The maximum Gasteiger partial charge on any atom is 0.291 e. The fourth-order valence-electron chi connectivity index (χ4n) is 0.828. The molecule has 1 aromatic carbocycles. The number of nitrogens with zero attached hydrogens (tertiary/aromatic N) is 1. The van der Waals surface area contributed by atoms with Crippen LogP contribution in [0.4, 0.5) is 10.1 Å². The molecular weight excluding hydrogens is 236 g/mol. The van der Waals surface area contributed by atoms with Crippen LogP contribution in [0.2, 0.25) is 10.0 Å². The molecule has 76 valence electrons. The second kappa shape index (κ2) is 4.43. The topological polar surface area (TPSA) is 52.4 Å². The zero-order valence-electron chi connectivity index (χ0n) is 6.67. The number of hydrogen-bond acceptors (Lipinski definition) is 3. The Morgan fingerprint density at radius 3 is 2.57 bits per heavy atom. The molecule has 0 fully saturated rings. The second-order valence-electron chi connectivity index (χ2n) is 2.24. The monoisotopic (exact) mass is 239 g/mol. The molecule has 0 bridgehead atoms. The summed E-state index contributed by atoms with van der Waals surface area (Å²) < 4.78 is 16.2. The molecule has 0 saturated heterocycles. The third kappa shape index (κ3) is 2.24. The second-order valence-corrected chi connectivity index (χ2v) is 3.06. The molecule has 0 atom stereocenters. The van der Waals surface area contributed by atoms with E-state index < -0.39 is 11.8 Å². The molecule has 0 radical (unpaired) electrons. The summed E-state index contributed by atoms with van der Waals surface area (Å²) in [7, 11) is 0. The van der Waals surface area contributed by atoms with E-state index in [2.05, 4.69) is 4.74 Å². The van der Waals surface area contributed by atoms with Gasteiger partial charge in [-0.3, -0.25) is 10.1 Å². The summed E-state index contributed by atoms with van der Waals surface area (Å²) in [5.41, 5.74) is -0.375. The van der Waals surface area contributed by atoms with Crippen molar-refractivity contribution in [2.24, 2.45) is 0 Å². The van der Waals surface area contributed by atoms with Crippen LogP contribution in [0, 0.1) is 10.1 Å². The molecule has 0 heterocycles. The SMILES string of the molecule is O=[N+]([O-])c1cc(OCF)c(Cl)cc1Cl. The summed E-state index contributed by atoms with van der Waals surface area (Å²) in [5, 5.41) is 10.3. The summed E-state index contributed by atoms with van der Waals surface area (Å²) in [6.45, 7) is -1.11. The van der Waals surface area contributed by atoms with Gasteiger partial charge >= 0.3 is 0 Å². The Hall–Kier alpha value is -1.07. The fraction of sp³-hybridized carbons (Fsp3) is 0.143. The van der Waals surface area contributed by atoms with Crippen LogP contribution in [0.3, 0.4) is 0 Å². The van der Waals surface area contributed by atoms with Crippen LogP contribution in [0.1, 0.15) is 0 Å². The van der Waals surface area contributed by atoms with Gasteiger partial charge in [0.1, 0.15) is 10.8 Å². The maximum absolute atomic E-state index is 11.8. The predicted molar refractivity (Wildman–Crippen MR) is 49.7 cm³/mol. The minimum absolute atomic E-state index is 0.0262. The Morgan fingerprint density at radius 2 is 2.07 bits per heavy atom. The molecule has 0 aliphatic carbocycles. The summed E-state index contributed by atoms with van der Waals surface area (Å²) in [6, 6.07) is 2.11. The van der Waals surface area contributed by atoms with E-state index in [0.717, 1.165) is 12.1 Å². The van der Waals surface area contributed by atoms with E-state index in [1.807, 2.05) is 0 Å². The highest BCUT2D eigenvalue weighted by molar-refractivity contribution is 6.36. The van der Waals surface area contributed by atoms with E-state index in [1.165, 1.54) is 0 Å². The lowest BCUT2D eigenvalue weighted by molar-refractivity contribution is -0.384. The van der Waals surface area contributed by atoms with Gasteiger partial charge in [0.25, 0.3) is 5.69 Å². The van der Waals surface area contributed by atoms with Crippen LogP contribution in [0.5, 0.6) is 5.75 Å². The van der Waals surface area contributed by atoms with Crippen molar-refractivity contribution in [3.8, 4) is 5.75 Å². The van der Waals surface area contributed by atoms with Gasteiger partial charge in [0.15, 0.2) is 0 Å². The van der Waals surface area contributed by atoms with Crippen LogP contribution < -0.4 is 4.74 Å². The van der Waals surface area contributed by atoms with E-state index in [-0.39, 0.29) is 21.5 Å². The van der Waals surface area contributed by atoms with Crippen LogP contribution in [-0.4, -0.2) is 11.8 Å². The van der Waals surface area contributed by atoms with Crippen molar-refractivity contribution in [3.05, 3.63) is 32.3 Å². The van der Waals surface area contributed by atoms with Gasteiger partial charge in [-0.2, -0.15) is 0 Å². The number of halogens is 3. The minimum atomic E-state index is -1.11. The van der Waals surface area contributed by atoms with Crippen molar-refractivity contribution in [2.45, 2.75) is 0 Å². The van der Waals surface area contributed by atoms with Crippen molar-refractivity contribution >= 4 is 28.9 Å². The van der Waals surface area contributed by atoms with E-state index in [0.29, 0.717) is 0 Å². The van der Waals surface area contributed by atoms with E-state index in [9.17, 15) is 14.5 Å². The zero-order valence-corrected chi connectivity index (χ0v) is 8.18. The summed E-state index contributed by atoms with van der Waals surface area (Å²) >= 11 is 11.1.